The molecule has 0 saturated carbocycles. The fourth-order valence-electron chi connectivity index (χ4n) is 11.1. The van der Waals surface area contributed by atoms with E-state index in [9.17, 15) is 43.2 Å². The number of aliphatic hydroxyl groups excluding tert-OH is 1. The number of phosphoric ester groups is 2. The Balaban J connectivity index is 5.19. The Labute approximate surface area is 562 Å². The fourth-order valence-corrected chi connectivity index (χ4v) is 12.7. The van der Waals surface area contributed by atoms with Gasteiger partial charge in [-0.3, -0.25) is 37.3 Å². The van der Waals surface area contributed by atoms with Gasteiger partial charge in [0.1, 0.15) is 19.3 Å². The zero-order valence-corrected chi connectivity index (χ0v) is 61.6. The highest BCUT2D eigenvalue weighted by Gasteiger charge is 2.30. The van der Waals surface area contributed by atoms with Crippen LogP contribution >= 0.6 is 15.6 Å². The first-order chi connectivity index (χ1) is 44.4. The van der Waals surface area contributed by atoms with Crippen LogP contribution in [-0.4, -0.2) is 96.7 Å². The van der Waals surface area contributed by atoms with Crippen molar-refractivity contribution in [3.63, 3.8) is 0 Å². The van der Waals surface area contributed by atoms with E-state index in [1.807, 2.05) is 0 Å². The van der Waals surface area contributed by atoms with E-state index < -0.39 is 97.5 Å². The number of carbonyl (C=O) groups excluding carboxylic acids is 4. The molecule has 92 heavy (non-hydrogen) atoms. The molecule has 0 aliphatic heterocycles. The molecule has 0 spiro atoms. The van der Waals surface area contributed by atoms with Gasteiger partial charge < -0.3 is 33.8 Å². The lowest BCUT2D eigenvalue weighted by Crippen LogP contribution is -2.30. The number of unbranched alkanes of at least 4 members (excludes halogenated alkanes) is 41. The van der Waals surface area contributed by atoms with Crippen LogP contribution < -0.4 is 0 Å². The van der Waals surface area contributed by atoms with Crippen LogP contribution in [0.4, 0.5) is 0 Å². The topological polar surface area (TPSA) is 237 Å². The number of carbonyl (C=O) groups is 4. The maximum atomic E-state index is 13.1. The third kappa shape index (κ3) is 65.4. The molecule has 3 unspecified atom stereocenters. The Morgan fingerprint density at radius 1 is 0.315 bits per heavy atom. The number of hydrogen-bond donors (Lipinski definition) is 3. The minimum atomic E-state index is -4.95. The average molecular weight is 1350 g/mol. The molecule has 0 saturated heterocycles. The van der Waals surface area contributed by atoms with E-state index in [1.54, 1.807) is 0 Å². The van der Waals surface area contributed by atoms with Crippen LogP contribution in [0.25, 0.3) is 0 Å². The second kappa shape index (κ2) is 65.0. The summed E-state index contributed by atoms with van der Waals surface area (Å²) in [5, 5.41) is 10.6. The smallest absolute Gasteiger partial charge is 0.462 e. The van der Waals surface area contributed by atoms with Crippen LogP contribution in [0.3, 0.4) is 0 Å². The minimum absolute atomic E-state index is 0.102. The number of esters is 4. The first kappa shape index (κ1) is 90.1. The number of phosphoric acid groups is 2. The molecule has 19 heteroatoms. The molecular formula is C73H142O17P2. The normalized spacial score (nSPS) is 14.4. The van der Waals surface area contributed by atoms with Crippen LogP contribution in [0.1, 0.15) is 375 Å². The third-order valence-corrected chi connectivity index (χ3v) is 19.2. The molecule has 3 N–H and O–H groups in total. The van der Waals surface area contributed by atoms with Crippen LogP contribution in [0, 0.1) is 11.8 Å². The maximum absolute atomic E-state index is 13.1. The molecular weight excluding hydrogens is 1210 g/mol. The molecule has 0 rings (SSSR count). The van der Waals surface area contributed by atoms with Crippen molar-refractivity contribution in [2.75, 3.05) is 39.6 Å². The van der Waals surface area contributed by atoms with Gasteiger partial charge in [0, 0.05) is 25.7 Å². The fraction of sp³-hybridized carbons (Fsp3) is 0.945. The van der Waals surface area contributed by atoms with Gasteiger partial charge in [0.25, 0.3) is 0 Å². The van der Waals surface area contributed by atoms with E-state index in [0.29, 0.717) is 31.6 Å². The van der Waals surface area contributed by atoms with Crippen molar-refractivity contribution >= 4 is 39.5 Å². The predicted molar refractivity (Wildman–Crippen MR) is 372 cm³/mol. The van der Waals surface area contributed by atoms with E-state index in [2.05, 4.69) is 41.5 Å². The van der Waals surface area contributed by atoms with Gasteiger partial charge in [-0.05, 0) is 37.5 Å². The van der Waals surface area contributed by atoms with Crippen molar-refractivity contribution in [2.24, 2.45) is 11.8 Å². The summed E-state index contributed by atoms with van der Waals surface area (Å²) in [5.41, 5.74) is 0. The summed E-state index contributed by atoms with van der Waals surface area (Å²) in [7, 11) is -9.90. The quantitative estimate of drug-likeness (QED) is 0.0222. The van der Waals surface area contributed by atoms with Crippen LogP contribution in [-0.2, 0) is 65.4 Å². The summed E-state index contributed by atoms with van der Waals surface area (Å²) in [6, 6.07) is 0. The van der Waals surface area contributed by atoms with Gasteiger partial charge in [0.05, 0.1) is 26.4 Å². The molecule has 0 radical (unpaired) electrons. The van der Waals surface area contributed by atoms with E-state index >= 15 is 0 Å². The molecule has 0 amide bonds. The summed E-state index contributed by atoms with van der Waals surface area (Å²) >= 11 is 0. The molecule has 0 aliphatic carbocycles. The molecule has 0 aromatic rings. The van der Waals surface area contributed by atoms with Crippen molar-refractivity contribution in [3.05, 3.63) is 0 Å². The second-order valence-corrected chi connectivity index (χ2v) is 30.0. The number of hydrogen-bond acceptors (Lipinski definition) is 15. The van der Waals surface area contributed by atoms with Gasteiger partial charge in [-0.1, -0.05) is 324 Å². The SMILES string of the molecule is CCCCCCCCCCCCCCCCCCCC(=O)OC[C@H](COP(=O)(O)OC[C@@H](O)COP(=O)(O)OC[C@@H](COC(=O)CCCCCCCCCC)OC(=O)CCCCCCCCC(C)C)OC(=O)CCCCCCCCCCCCCCCCC(C)CC. The first-order valence-corrected chi connectivity index (χ1v) is 41.0. The van der Waals surface area contributed by atoms with Gasteiger partial charge in [-0.15, -0.1) is 0 Å². The van der Waals surface area contributed by atoms with Gasteiger partial charge in [0.2, 0.25) is 0 Å². The Morgan fingerprint density at radius 2 is 0.554 bits per heavy atom. The highest BCUT2D eigenvalue weighted by atomic mass is 31.2. The molecule has 0 heterocycles. The van der Waals surface area contributed by atoms with Crippen molar-refractivity contribution in [3.8, 4) is 0 Å². The van der Waals surface area contributed by atoms with Gasteiger partial charge in [0.15, 0.2) is 12.2 Å². The third-order valence-electron chi connectivity index (χ3n) is 17.3. The molecule has 546 valence electrons. The lowest BCUT2D eigenvalue weighted by molar-refractivity contribution is -0.161. The standard InChI is InChI=1S/C73H142O17P2/c1-7-10-12-14-16-18-19-20-21-22-23-27-30-33-37-44-50-56-71(76)84-61-68(89-72(77)57-51-45-38-34-31-28-25-24-26-29-32-35-42-48-54-66(6)9-3)63-87-91(79,80)85-59-67(74)60-86-92(81,82)88-64-69(62-83-70(75)55-49-43-36-17-15-13-11-8-2)90-73(78)58-52-46-40-39-41-47-53-65(4)5/h65-69,74H,7-64H2,1-6H3,(H,79,80)(H,81,82)/t66?,67-,68-,69-/m1/s1. The monoisotopic (exact) mass is 1350 g/mol. The summed E-state index contributed by atoms with van der Waals surface area (Å²) in [6.45, 7) is 9.51. The van der Waals surface area contributed by atoms with Crippen molar-refractivity contribution in [1.82, 2.24) is 0 Å². The van der Waals surface area contributed by atoms with Crippen molar-refractivity contribution in [2.45, 2.75) is 394 Å². The second-order valence-electron chi connectivity index (χ2n) is 27.1. The van der Waals surface area contributed by atoms with Crippen LogP contribution in [0.5, 0.6) is 0 Å². The average Bonchev–Trinajstić information content (AvgIpc) is 3.34. The number of aliphatic hydroxyl groups is 1. The molecule has 0 aliphatic rings. The Bertz CT molecular complexity index is 1790. The van der Waals surface area contributed by atoms with Crippen LogP contribution in [0.15, 0.2) is 0 Å². The highest BCUT2D eigenvalue weighted by molar-refractivity contribution is 7.47. The summed E-state index contributed by atoms with van der Waals surface area (Å²) < 4.78 is 68.3. The number of ether oxygens (including phenoxy) is 4. The van der Waals surface area contributed by atoms with Crippen LogP contribution in [0.2, 0.25) is 0 Å². The molecule has 0 aromatic carbocycles. The van der Waals surface area contributed by atoms with E-state index in [1.165, 1.54) is 186 Å². The Kier molecular flexibility index (Phi) is 63.7. The van der Waals surface area contributed by atoms with Crippen molar-refractivity contribution < 1.29 is 80.2 Å². The molecule has 0 aromatic heterocycles. The summed E-state index contributed by atoms with van der Waals surface area (Å²) in [6.07, 6.45) is 51.6. The summed E-state index contributed by atoms with van der Waals surface area (Å²) in [4.78, 5) is 72.5. The molecule has 0 bridgehead atoms. The van der Waals surface area contributed by atoms with E-state index in [4.69, 9.17) is 37.0 Å². The van der Waals surface area contributed by atoms with E-state index in [-0.39, 0.29) is 25.7 Å². The molecule has 6 atom stereocenters. The predicted octanol–water partition coefficient (Wildman–Crippen LogP) is 21.2. The largest absolute Gasteiger partial charge is 0.472 e. The molecule has 17 nitrogen and oxygen atoms in total. The highest BCUT2D eigenvalue weighted by Crippen LogP contribution is 2.45. The van der Waals surface area contributed by atoms with Gasteiger partial charge >= 0.3 is 39.5 Å². The van der Waals surface area contributed by atoms with Crippen molar-refractivity contribution in [1.29, 1.82) is 0 Å². The zero-order valence-electron chi connectivity index (χ0n) is 59.9. The molecule has 0 fully saturated rings. The maximum Gasteiger partial charge on any atom is 0.472 e. The number of rotatable bonds is 72. The minimum Gasteiger partial charge on any atom is -0.462 e. The summed E-state index contributed by atoms with van der Waals surface area (Å²) in [5.74, 6) is -0.611. The Morgan fingerprint density at radius 3 is 0.826 bits per heavy atom. The Hall–Kier alpha value is -1.94. The van der Waals surface area contributed by atoms with Gasteiger partial charge in [-0.25, -0.2) is 9.13 Å². The first-order valence-electron chi connectivity index (χ1n) is 38.0. The lowest BCUT2D eigenvalue weighted by atomic mass is 9.99. The van der Waals surface area contributed by atoms with E-state index in [0.717, 1.165) is 102 Å². The lowest BCUT2D eigenvalue weighted by Gasteiger charge is -2.21. The van der Waals surface area contributed by atoms with Gasteiger partial charge in [-0.2, -0.15) is 0 Å². The zero-order chi connectivity index (χ0) is 67.9.